The van der Waals surface area contributed by atoms with Gasteiger partial charge in [-0.05, 0) is 0 Å². The van der Waals surface area contributed by atoms with Crippen molar-refractivity contribution in [2.24, 2.45) is 0 Å². The van der Waals surface area contributed by atoms with Crippen LogP contribution in [-0.4, -0.2) is 37.0 Å². The van der Waals surface area contributed by atoms with Crippen molar-refractivity contribution in [2.75, 3.05) is 5.75 Å². The van der Waals surface area contributed by atoms with Crippen molar-refractivity contribution in [1.82, 2.24) is 20.2 Å². The van der Waals surface area contributed by atoms with E-state index in [4.69, 9.17) is 5.11 Å². The Morgan fingerprint density at radius 2 is 2.33 bits per heavy atom. The largest absolute Gasteiger partial charge is 0.481 e. The summed E-state index contributed by atoms with van der Waals surface area (Å²) >= 11 is 1.15. The van der Waals surface area contributed by atoms with E-state index >= 15 is 0 Å². The summed E-state index contributed by atoms with van der Waals surface area (Å²) in [4.78, 5) is 18.3. The summed E-state index contributed by atoms with van der Waals surface area (Å²) in [5.41, 5.74) is 0.618. The van der Waals surface area contributed by atoms with Crippen LogP contribution in [0.4, 0.5) is 0 Å². The smallest absolute Gasteiger partial charge is 0.313 e. The molecule has 0 aliphatic rings. The first kappa shape index (κ1) is 11.7. The molecular formula is C7H7ClN4O2S. The summed E-state index contributed by atoms with van der Waals surface area (Å²) in [6.07, 6.45) is 2.96. The lowest BCUT2D eigenvalue weighted by Crippen LogP contribution is -1.98. The SMILES string of the molecule is Cl.O=C(O)CSc1ncnc2[nH]ncc12. The number of fused-ring (bicyclic) bond motifs is 1. The lowest BCUT2D eigenvalue weighted by Gasteiger charge is -1.97. The van der Waals surface area contributed by atoms with Gasteiger partial charge in [0.25, 0.3) is 0 Å². The van der Waals surface area contributed by atoms with E-state index in [9.17, 15) is 4.79 Å². The average molecular weight is 247 g/mol. The second-order valence-corrected chi connectivity index (χ2v) is 3.46. The predicted octanol–water partition coefficient (Wildman–Crippen LogP) is 0.951. The molecule has 0 amide bonds. The summed E-state index contributed by atoms with van der Waals surface area (Å²) in [7, 11) is 0. The Morgan fingerprint density at radius 3 is 3.07 bits per heavy atom. The van der Waals surface area contributed by atoms with Gasteiger partial charge in [-0.3, -0.25) is 9.89 Å². The second-order valence-electron chi connectivity index (χ2n) is 2.49. The van der Waals surface area contributed by atoms with Gasteiger partial charge < -0.3 is 5.11 Å². The number of thioether (sulfide) groups is 1. The number of H-pyrrole nitrogens is 1. The van der Waals surface area contributed by atoms with Gasteiger partial charge in [-0.1, -0.05) is 11.8 Å². The number of aliphatic carboxylic acids is 1. The minimum Gasteiger partial charge on any atom is -0.481 e. The van der Waals surface area contributed by atoms with Crippen molar-refractivity contribution in [2.45, 2.75) is 5.03 Å². The molecule has 0 bridgehead atoms. The van der Waals surface area contributed by atoms with Gasteiger partial charge in [-0.15, -0.1) is 12.4 Å². The maximum Gasteiger partial charge on any atom is 0.313 e. The van der Waals surface area contributed by atoms with Crippen LogP contribution in [0.25, 0.3) is 11.0 Å². The highest BCUT2D eigenvalue weighted by atomic mass is 35.5. The molecule has 2 heterocycles. The van der Waals surface area contributed by atoms with Gasteiger partial charge in [0.15, 0.2) is 5.65 Å². The third kappa shape index (κ3) is 2.57. The third-order valence-electron chi connectivity index (χ3n) is 1.54. The number of carbonyl (C=O) groups is 1. The van der Waals surface area contributed by atoms with Crippen molar-refractivity contribution >= 4 is 41.2 Å². The molecule has 0 saturated heterocycles. The quantitative estimate of drug-likeness (QED) is 0.619. The third-order valence-corrected chi connectivity index (χ3v) is 2.53. The first-order valence-electron chi connectivity index (χ1n) is 3.76. The first-order chi connectivity index (χ1) is 6.77. The van der Waals surface area contributed by atoms with E-state index in [1.165, 1.54) is 6.33 Å². The highest BCUT2D eigenvalue weighted by Gasteiger charge is 2.07. The molecule has 0 unspecified atom stereocenters. The van der Waals surface area contributed by atoms with E-state index in [-0.39, 0.29) is 18.2 Å². The Balaban J connectivity index is 0.00000112. The van der Waals surface area contributed by atoms with Gasteiger partial charge in [-0.25, -0.2) is 9.97 Å². The Morgan fingerprint density at radius 1 is 1.53 bits per heavy atom. The van der Waals surface area contributed by atoms with E-state index in [2.05, 4.69) is 20.2 Å². The van der Waals surface area contributed by atoms with Crippen molar-refractivity contribution in [3.63, 3.8) is 0 Å². The zero-order chi connectivity index (χ0) is 9.97. The van der Waals surface area contributed by atoms with Gasteiger partial charge in [0.2, 0.25) is 0 Å². The lowest BCUT2D eigenvalue weighted by atomic mass is 10.4. The van der Waals surface area contributed by atoms with Crippen molar-refractivity contribution < 1.29 is 9.90 Å². The zero-order valence-corrected chi connectivity index (χ0v) is 9.01. The van der Waals surface area contributed by atoms with Gasteiger partial charge in [-0.2, -0.15) is 5.10 Å². The van der Waals surface area contributed by atoms with Crippen LogP contribution < -0.4 is 0 Å². The molecule has 15 heavy (non-hydrogen) atoms. The van der Waals surface area contributed by atoms with Crippen LogP contribution in [0.15, 0.2) is 17.6 Å². The monoisotopic (exact) mass is 246 g/mol. The molecule has 0 aliphatic heterocycles. The van der Waals surface area contributed by atoms with Crippen LogP contribution >= 0.6 is 24.2 Å². The van der Waals surface area contributed by atoms with Gasteiger partial charge in [0.05, 0.1) is 17.3 Å². The second kappa shape index (κ2) is 4.94. The standard InChI is InChI=1S/C7H6N4O2S.ClH/c12-5(13)2-14-7-4-1-10-11-6(4)8-3-9-7;/h1,3H,2H2,(H,12,13)(H,8,9,10,11);1H. The number of rotatable bonds is 3. The van der Waals surface area contributed by atoms with Gasteiger partial charge in [0.1, 0.15) is 11.4 Å². The fourth-order valence-corrected chi connectivity index (χ4v) is 1.67. The number of carboxylic acids is 1. The van der Waals surface area contributed by atoms with Crippen molar-refractivity contribution in [3.8, 4) is 0 Å². The highest BCUT2D eigenvalue weighted by molar-refractivity contribution is 8.00. The Kier molecular flexibility index (Phi) is 3.87. The lowest BCUT2D eigenvalue weighted by molar-refractivity contribution is -0.133. The van der Waals surface area contributed by atoms with E-state index in [1.807, 2.05) is 0 Å². The number of hydrogen-bond acceptors (Lipinski definition) is 5. The van der Waals surface area contributed by atoms with Crippen molar-refractivity contribution in [1.29, 1.82) is 0 Å². The summed E-state index contributed by atoms with van der Waals surface area (Å²) < 4.78 is 0. The summed E-state index contributed by atoms with van der Waals surface area (Å²) in [6.45, 7) is 0. The summed E-state index contributed by atoms with van der Waals surface area (Å²) in [5.74, 6) is -0.887. The number of aromatic nitrogens is 4. The molecule has 0 saturated carbocycles. The first-order valence-corrected chi connectivity index (χ1v) is 4.74. The van der Waals surface area contributed by atoms with E-state index in [0.717, 1.165) is 17.1 Å². The molecule has 0 radical (unpaired) electrons. The molecule has 0 fully saturated rings. The maximum atomic E-state index is 10.4. The van der Waals surface area contributed by atoms with Gasteiger partial charge >= 0.3 is 5.97 Å². The highest BCUT2D eigenvalue weighted by Crippen LogP contribution is 2.22. The van der Waals surface area contributed by atoms with E-state index < -0.39 is 5.97 Å². The van der Waals surface area contributed by atoms with E-state index in [1.54, 1.807) is 6.20 Å². The predicted molar refractivity (Wildman–Crippen MR) is 57.3 cm³/mol. The number of carboxylic acid groups (broad SMARTS) is 1. The summed E-state index contributed by atoms with van der Waals surface area (Å²) in [6, 6.07) is 0. The number of hydrogen-bond donors (Lipinski definition) is 2. The topological polar surface area (TPSA) is 91.8 Å². The molecule has 6 nitrogen and oxygen atoms in total. The molecule has 80 valence electrons. The molecule has 0 aliphatic carbocycles. The minimum atomic E-state index is -0.870. The van der Waals surface area contributed by atoms with Crippen LogP contribution in [0.5, 0.6) is 0 Å². The molecule has 8 heteroatoms. The molecule has 2 N–H and O–H groups in total. The van der Waals surface area contributed by atoms with E-state index in [0.29, 0.717) is 10.7 Å². The zero-order valence-electron chi connectivity index (χ0n) is 7.38. The van der Waals surface area contributed by atoms with Crippen LogP contribution in [-0.2, 0) is 4.79 Å². The van der Waals surface area contributed by atoms with Crippen LogP contribution in [0.1, 0.15) is 0 Å². The Labute approximate surface area is 94.9 Å². The fourth-order valence-electron chi connectivity index (χ4n) is 0.988. The fraction of sp³-hybridized carbons (Fsp3) is 0.143. The maximum absolute atomic E-state index is 10.4. The Hall–Kier alpha value is -1.34. The molecule has 2 aromatic heterocycles. The Bertz CT molecular complexity index is 475. The minimum absolute atomic E-state index is 0. The molecular weight excluding hydrogens is 240 g/mol. The molecule has 2 aromatic rings. The summed E-state index contributed by atoms with van der Waals surface area (Å²) in [5, 5.41) is 16.4. The molecule has 0 aromatic carbocycles. The number of halogens is 1. The number of nitrogens with zero attached hydrogens (tertiary/aromatic N) is 3. The molecule has 0 spiro atoms. The van der Waals surface area contributed by atoms with Crippen LogP contribution in [0.2, 0.25) is 0 Å². The number of aromatic amines is 1. The van der Waals surface area contributed by atoms with Crippen molar-refractivity contribution in [3.05, 3.63) is 12.5 Å². The molecule has 2 rings (SSSR count). The normalized spacial score (nSPS) is 9.87. The molecule has 0 atom stereocenters. The number of nitrogens with one attached hydrogen (secondary N) is 1. The van der Waals surface area contributed by atoms with Gasteiger partial charge in [0, 0.05) is 0 Å². The van der Waals surface area contributed by atoms with Crippen LogP contribution in [0.3, 0.4) is 0 Å². The average Bonchev–Trinajstić information content (AvgIpc) is 2.62. The van der Waals surface area contributed by atoms with Crippen LogP contribution in [0, 0.1) is 0 Å².